The van der Waals surface area contributed by atoms with E-state index in [-0.39, 0.29) is 35.9 Å². The van der Waals surface area contributed by atoms with Gasteiger partial charge in [0.15, 0.2) is 6.61 Å². The number of nitrogens with zero attached hydrogens (tertiary/aromatic N) is 2. The van der Waals surface area contributed by atoms with E-state index in [1.807, 2.05) is 27.7 Å². The number of sulfonamides is 1. The quantitative estimate of drug-likeness (QED) is 0.508. The van der Waals surface area contributed by atoms with Crippen molar-refractivity contribution in [1.82, 2.24) is 9.21 Å². The van der Waals surface area contributed by atoms with Crippen molar-refractivity contribution in [3.63, 3.8) is 0 Å². The van der Waals surface area contributed by atoms with E-state index in [9.17, 15) is 18.0 Å². The van der Waals surface area contributed by atoms with Crippen LogP contribution < -0.4 is 0 Å². The topological polar surface area (TPSA) is 84.0 Å². The first kappa shape index (κ1) is 25.1. The molecular weight excluding hydrogens is 392 g/mol. The molecule has 1 rings (SSSR count). The third-order valence-electron chi connectivity index (χ3n) is 4.64. The number of hydrogen-bond acceptors (Lipinski definition) is 5. The molecule has 0 fully saturated rings. The monoisotopic (exact) mass is 426 g/mol. The van der Waals surface area contributed by atoms with Gasteiger partial charge in [0.05, 0.1) is 4.90 Å². The van der Waals surface area contributed by atoms with E-state index in [2.05, 4.69) is 0 Å². The largest absolute Gasteiger partial charge is 0.456 e. The molecule has 0 aromatic heterocycles. The minimum absolute atomic E-state index is 0.0346. The highest BCUT2D eigenvalue weighted by Crippen LogP contribution is 2.17. The van der Waals surface area contributed by atoms with Gasteiger partial charge in [0, 0.05) is 31.6 Å². The lowest BCUT2D eigenvalue weighted by molar-refractivity contribution is -0.153. The SMILES string of the molecule is CCN(CC)S(=O)(=O)c1ccc(CCC(=O)OCC(=O)N(C(C)C)C(C)C)cc1. The molecule has 8 heteroatoms. The smallest absolute Gasteiger partial charge is 0.306 e. The fourth-order valence-corrected chi connectivity index (χ4v) is 4.71. The zero-order chi connectivity index (χ0) is 22.2. The molecule has 1 aromatic rings. The van der Waals surface area contributed by atoms with Crippen LogP contribution >= 0.6 is 0 Å². The molecule has 0 bridgehead atoms. The Kier molecular flexibility index (Phi) is 9.79. The Morgan fingerprint density at radius 2 is 1.48 bits per heavy atom. The lowest BCUT2D eigenvalue weighted by atomic mass is 10.1. The normalized spacial score (nSPS) is 11.9. The number of carbonyl (C=O) groups excluding carboxylic acids is 2. The summed E-state index contributed by atoms with van der Waals surface area (Å²) in [5.74, 6) is -0.667. The number of ether oxygens (including phenoxy) is 1. The summed E-state index contributed by atoms with van der Waals surface area (Å²) in [6.07, 6.45) is 0.537. The first-order chi connectivity index (χ1) is 13.5. The highest BCUT2D eigenvalue weighted by atomic mass is 32.2. The molecule has 164 valence electrons. The van der Waals surface area contributed by atoms with Crippen LogP contribution in [0.1, 0.15) is 53.5 Å². The molecule has 0 saturated heterocycles. The molecule has 29 heavy (non-hydrogen) atoms. The first-order valence-corrected chi connectivity index (χ1v) is 11.5. The van der Waals surface area contributed by atoms with Crippen LogP contribution in [0, 0.1) is 0 Å². The van der Waals surface area contributed by atoms with Crippen LogP contribution in [-0.2, 0) is 30.8 Å². The van der Waals surface area contributed by atoms with Crippen LogP contribution in [0.15, 0.2) is 29.2 Å². The van der Waals surface area contributed by atoms with Crippen LogP contribution in [0.4, 0.5) is 0 Å². The molecule has 0 radical (unpaired) electrons. The van der Waals surface area contributed by atoms with Crippen LogP contribution in [0.2, 0.25) is 0 Å². The summed E-state index contributed by atoms with van der Waals surface area (Å²) in [6.45, 7) is 11.8. The third-order valence-corrected chi connectivity index (χ3v) is 6.71. The maximum atomic E-state index is 12.5. The van der Waals surface area contributed by atoms with Crippen LogP contribution in [0.5, 0.6) is 0 Å². The van der Waals surface area contributed by atoms with E-state index in [1.54, 1.807) is 43.0 Å². The summed E-state index contributed by atoms with van der Waals surface area (Å²) in [7, 11) is -3.49. The summed E-state index contributed by atoms with van der Waals surface area (Å²) in [6, 6.07) is 6.59. The molecule has 1 amide bonds. The Morgan fingerprint density at radius 3 is 1.93 bits per heavy atom. The lowest BCUT2D eigenvalue weighted by Gasteiger charge is -2.30. The predicted octanol–water partition coefficient (Wildman–Crippen LogP) is 2.84. The number of carbonyl (C=O) groups is 2. The third kappa shape index (κ3) is 7.12. The number of hydrogen-bond donors (Lipinski definition) is 0. The fraction of sp³-hybridized carbons (Fsp3) is 0.619. The Bertz CT molecular complexity index is 761. The predicted molar refractivity (Wildman–Crippen MR) is 113 cm³/mol. The molecule has 0 aliphatic carbocycles. The van der Waals surface area contributed by atoms with Gasteiger partial charge in [-0.2, -0.15) is 4.31 Å². The van der Waals surface area contributed by atoms with Gasteiger partial charge in [0.2, 0.25) is 10.0 Å². The van der Waals surface area contributed by atoms with Crippen molar-refractivity contribution in [3.8, 4) is 0 Å². The van der Waals surface area contributed by atoms with Gasteiger partial charge in [0.1, 0.15) is 0 Å². The number of amides is 1. The lowest BCUT2D eigenvalue weighted by Crippen LogP contribution is -2.44. The van der Waals surface area contributed by atoms with Gasteiger partial charge < -0.3 is 9.64 Å². The minimum atomic E-state index is -3.49. The zero-order valence-corrected chi connectivity index (χ0v) is 19.2. The second kappa shape index (κ2) is 11.3. The van der Waals surface area contributed by atoms with Gasteiger partial charge in [-0.25, -0.2) is 8.42 Å². The van der Waals surface area contributed by atoms with Crippen molar-refractivity contribution in [2.45, 2.75) is 71.4 Å². The van der Waals surface area contributed by atoms with Crippen molar-refractivity contribution in [2.75, 3.05) is 19.7 Å². The van der Waals surface area contributed by atoms with Crippen molar-refractivity contribution < 1.29 is 22.7 Å². The van der Waals surface area contributed by atoms with E-state index >= 15 is 0 Å². The van der Waals surface area contributed by atoms with Crippen LogP contribution in [0.25, 0.3) is 0 Å². The van der Waals surface area contributed by atoms with Crippen molar-refractivity contribution >= 4 is 21.9 Å². The molecule has 0 saturated carbocycles. The van der Waals surface area contributed by atoms with Crippen LogP contribution in [-0.4, -0.2) is 61.3 Å². The molecule has 0 aliphatic heterocycles. The summed E-state index contributed by atoms with van der Waals surface area (Å²) in [5, 5.41) is 0. The van der Waals surface area contributed by atoms with Gasteiger partial charge in [-0.05, 0) is 51.8 Å². The van der Waals surface area contributed by atoms with E-state index in [0.717, 1.165) is 5.56 Å². The standard InChI is InChI=1S/C21H34N2O5S/c1-7-22(8-2)29(26,27)19-12-9-18(10-13-19)11-14-21(25)28-15-20(24)23(16(3)4)17(5)6/h9-10,12-13,16-17H,7-8,11,14-15H2,1-6H3. The Morgan fingerprint density at radius 1 is 0.966 bits per heavy atom. The number of esters is 1. The average molecular weight is 427 g/mol. The highest BCUT2D eigenvalue weighted by Gasteiger charge is 2.22. The van der Waals surface area contributed by atoms with Crippen LogP contribution in [0.3, 0.4) is 0 Å². The first-order valence-electron chi connectivity index (χ1n) is 10.1. The summed E-state index contributed by atoms with van der Waals surface area (Å²) in [4.78, 5) is 26.1. The maximum absolute atomic E-state index is 12.5. The Balaban J connectivity index is 2.60. The highest BCUT2D eigenvalue weighted by molar-refractivity contribution is 7.89. The fourth-order valence-electron chi connectivity index (χ4n) is 3.25. The molecule has 0 atom stereocenters. The Labute approximate surface area is 175 Å². The average Bonchev–Trinajstić information content (AvgIpc) is 2.65. The van der Waals surface area contributed by atoms with Crippen molar-refractivity contribution in [1.29, 1.82) is 0 Å². The molecule has 0 spiro atoms. The summed E-state index contributed by atoms with van der Waals surface area (Å²) in [5.41, 5.74) is 0.831. The number of aryl methyl sites for hydroxylation is 1. The number of rotatable bonds is 11. The van der Waals surface area contributed by atoms with Gasteiger partial charge in [-0.15, -0.1) is 0 Å². The molecular formula is C21H34N2O5S. The van der Waals surface area contributed by atoms with E-state index in [1.165, 1.54) is 4.31 Å². The molecule has 0 heterocycles. The summed E-state index contributed by atoms with van der Waals surface area (Å²) < 4.78 is 31.5. The minimum Gasteiger partial charge on any atom is -0.456 e. The van der Waals surface area contributed by atoms with E-state index < -0.39 is 16.0 Å². The molecule has 0 unspecified atom stereocenters. The molecule has 0 aliphatic rings. The van der Waals surface area contributed by atoms with Gasteiger partial charge in [-0.1, -0.05) is 26.0 Å². The molecule has 7 nitrogen and oxygen atoms in total. The molecule has 1 aromatic carbocycles. The van der Waals surface area contributed by atoms with Gasteiger partial charge in [0.25, 0.3) is 5.91 Å². The van der Waals surface area contributed by atoms with Gasteiger partial charge >= 0.3 is 5.97 Å². The van der Waals surface area contributed by atoms with E-state index in [0.29, 0.717) is 19.5 Å². The number of benzene rings is 1. The second-order valence-corrected chi connectivity index (χ2v) is 9.32. The summed E-state index contributed by atoms with van der Waals surface area (Å²) >= 11 is 0. The molecule has 0 N–H and O–H groups in total. The van der Waals surface area contributed by atoms with Crippen molar-refractivity contribution in [3.05, 3.63) is 29.8 Å². The van der Waals surface area contributed by atoms with Crippen molar-refractivity contribution in [2.24, 2.45) is 0 Å². The zero-order valence-electron chi connectivity index (χ0n) is 18.3. The maximum Gasteiger partial charge on any atom is 0.306 e. The second-order valence-electron chi connectivity index (χ2n) is 7.38. The van der Waals surface area contributed by atoms with Gasteiger partial charge in [-0.3, -0.25) is 9.59 Å². The van der Waals surface area contributed by atoms with E-state index in [4.69, 9.17) is 4.74 Å². The Hall–Kier alpha value is -1.93.